The van der Waals surface area contributed by atoms with E-state index in [1.807, 2.05) is 6.07 Å². The summed E-state index contributed by atoms with van der Waals surface area (Å²) < 4.78 is 13.0. The van der Waals surface area contributed by atoms with Crippen molar-refractivity contribution in [2.45, 2.75) is 6.42 Å². The third-order valence-electron chi connectivity index (χ3n) is 2.83. The number of carbonyl (C=O) groups excluding carboxylic acids is 1. The lowest BCUT2D eigenvalue weighted by molar-refractivity contribution is -0.117. The highest BCUT2D eigenvalue weighted by Gasteiger charge is 2.30. The number of benzene rings is 1. The maximum atomic E-state index is 13.0. The largest absolute Gasteiger partial charge is 0.311 e. The minimum Gasteiger partial charge on any atom is -0.311 e. The molecule has 3 nitrogen and oxygen atoms in total. The normalized spacial score (nSPS) is 19.5. The van der Waals surface area contributed by atoms with Gasteiger partial charge in [-0.2, -0.15) is 17.9 Å². The van der Waals surface area contributed by atoms with Crippen LogP contribution in [-0.2, 0) is 4.79 Å². The predicted octanol–water partition coefficient (Wildman–Crippen LogP) is 1.98. The van der Waals surface area contributed by atoms with Gasteiger partial charge in [-0.3, -0.25) is 4.79 Å². The Balaban J connectivity index is 2.35. The lowest BCUT2D eigenvalue weighted by atomic mass is 10.1. The maximum absolute atomic E-state index is 13.0. The molecule has 0 radical (unpaired) electrons. The van der Waals surface area contributed by atoms with Gasteiger partial charge < -0.3 is 4.90 Å². The number of anilines is 1. The standard InChI is InChI=1S/C12H11FN2OS/c13-10-1-2-11(9(4-10)5-14)15-6-8(7-17)3-12(15)16/h1-2,4,8,17H,3,6-7H2. The van der Waals surface area contributed by atoms with E-state index in [1.165, 1.54) is 12.1 Å². The van der Waals surface area contributed by atoms with Crippen molar-refractivity contribution in [3.8, 4) is 6.07 Å². The molecule has 0 aliphatic carbocycles. The zero-order valence-electron chi connectivity index (χ0n) is 9.06. The van der Waals surface area contributed by atoms with Gasteiger partial charge in [-0.25, -0.2) is 4.39 Å². The van der Waals surface area contributed by atoms with Gasteiger partial charge >= 0.3 is 0 Å². The highest BCUT2D eigenvalue weighted by molar-refractivity contribution is 7.80. The SMILES string of the molecule is N#Cc1cc(F)ccc1N1CC(CS)CC1=O. The Morgan fingerprint density at radius 3 is 2.94 bits per heavy atom. The van der Waals surface area contributed by atoms with Crippen LogP contribution < -0.4 is 4.90 Å². The summed E-state index contributed by atoms with van der Waals surface area (Å²) in [5.41, 5.74) is 0.682. The second-order valence-electron chi connectivity index (χ2n) is 4.03. The van der Waals surface area contributed by atoms with Crippen LogP contribution in [0.4, 0.5) is 10.1 Å². The van der Waals surface area contributed by atoms with E-state index in [0.717, 1.165) is 6.07 Å². The van der Waals surface area contributed by atoms with Gasteiger partial charge in [0.05, 0.1) is 11.3 Å². The molecule has 0 spiro atoms. The fourth-order valence-electron chi connectivity index (χ4n) is 1.97. The number of rotatable bonds is 2. The van der Waals surface area contributed by atoms with E-state index in [4.69, 9.17) is 5.26 Å². The second-order valence-corrected chi connectivity index (χ2v) is 4.40. The monoisotopic (exact) mass is 250 g/mol. The van der Waals surface area contributed by atoms with Gasteiger partial charge in [0.1, 0.15) is 11.9 Å². The summed E-state index contributed by atoms with van der Waals surface area (Å²) in [7, 11) is 0. The number of carbonyl (C=O) groups is 1. The average molecular weight is 250 g/mol. The molecule has 1 heterocycles. The minimum atomic E-state index is -0.470. The highest BCUT2D eigenvalue weighted by atomic mass is 32.1. The summed E-state index contributed by atoms with van der Waals surface area (Å²) in [6.45, 7) is 0.544. The molecule has 1 amide bonds. The van der Waals surface area contributed by atoms with Gasteiger partial charge in [0.2, 0.25) is 5.91 Å². The summed E-state index contributed by atoms with van der Waals surface area (Å²) in [5.74, 6) is 0.322. The molecule has 1 aromatic carbocycles. The maximum Gasteiger partial charge on any atom is 0.227 e. The zero-order valence-corrected chi connectivity index (χ0v) is 9.95. The van der Waals surface area contributed by atoms with Crippen molar-refractivity contribution in [3.63, 3.8) is 0 Å². The van der Waals surface area contributed by atoms with Gasteiger partial charge in [-0.05, 0) is 29.9 Å². The molecule has 1 aliphatic rings. The molecule has 0 N–H and O–H groups in total. The summed E-state index contributed by atoms with van der Waals surface area (Å²) in [5, 5.41) is 8.94. The number of nitrogens with zero attached hydrogens (tertiary/aromatic N) is 2. The first kappa shape index (κ1) is 11.9. The van der Waals surface area contributed by atoms with Crippen molar-refractivity contribution in [3.05, 3.63) is 29.6 Å². The molecule has 88 valence electrons. The summed E-state index contributed by atoms with van der Waals surface area (Å²) in [6, 6.07) is 5.80. The fourth-order valence-corrected chi connectivity index (χ4v) is 2.21. The van der Waals surface area contributed by atoms with Gasteiger partial charge in [0.15, 0.2) is 0 Å². The number of amides is 1. The Morgan fingerprint density at radius 2 is 2.35 bits per heavy atom. The molecule has 17 heavy (non-hydrogen) atoms. The molecule has 1 aliphatic heterocycles. The van der Waals surface area contributed by atoms with E-state index in [-0.39, 0.29) is 17.4 Å². The van der Waals surface area contributed by atoms with Crippen molar-refractivity contribution in [2.24, 2.45) is 5.92 Å². The first-order valence-electron chi connectivity index (χ1n) is 5.26. The molecule has 1 aromatic rings. The first-order valence-corrected chi connectivity index (χ1v) is 5.90. The smallest absolute Gasteiger partial charge is 0.227 e. The van der Waals surface area contributed by atoms with Crippen LogP contribution in [0.3, 0.4) is 0 Å². The van der Waals surface area contributed by atoms with Crippen LogP contribution in [0.2, 0.25) is 0 Å². The molecule has 0 aromatic heterocycles. The zero-order chi connectivity index (χ0) is 12.4. The Kier molecular flexibility index (Phi) is 3.34. The molecular formula is C12H11FN2OS. The molecule has 1 saturated heterocycles. The average Bonchev–Trinajstić information content (AvgIpc) is 2.70. The van der Waals surface area contributed by atoms with E-state index >= 15 is 0 Å². The molecule has 0 saturated carbocycles. The van der Waals surface area contributed by atoms with Crippen LogP contribution in [-0.4, -0.2) is 18.2 Å². The summed E-state index contributed by atoms with van der Waals surface area (Å²) >= 11 is 4.17. The van der Waals surface area contributed by atoms with Gasteiger partial charge in [-0.1, -0.05) is 0 Å². The topological polar surface area (TPSA) is 44.1 Å². The van der Waals surface area contributed by atoms with Gasteiger partial charge in [0, 0.05) is 13.0 Å². The lowest BCUT2D eigenvalue weighted by Gasteiger charge is -2.17. The van der Waals surface area contributed by atoms with Crippen LogP contribution in [0.15, 0.2) is 18.2 Å². The third-order valence-corrected chi connectivity index (χ3v) is 3.35. The van der Waals surface area contributed by atoms with Crippen LogP contribution in [0.1, 0.15) is 12.0 Å². The Morgan fingerprint density at radius 1 is 1.59 bits per heavy atom. The Hall–Kier alpha value is -1.54. The van der Waals surface area contributed by atoms with E-state index in [0.29, 0.717) is 24.4 Å². The van der Waals surface area contributed by atoms with Crippen molar-refractivity contribution >= 4 is 24.2 Å². The number of hydrogen-bond donors (Lipinski definition) is 1. The number of nitriles is 1. The highest BCUT2D eigenvalue weighted by Crippen LogP contribution is 2.28. The first-order chi connectivity index (χ1) is 8.15. The molecule has 1 unspecified atom stereocenters. The van der Waals surface area contributed by atoms with Crippen molar-refractivity contribution in [1.29, 1.82) is 5.26 Å². The molecule has 1 fully saturated rings. The van der Waals surface area contributed by atoms with Crippen LogP contribution in [0.25, 0.3) is 0 Å². The van der Waals surface area contributed by atoms with Crippen LogP contribution in [0, 0.1) is 23.1 Å². The molecule has 1 atom stereocenters. The van der Waals surface area contributed by atoms with Crippen LogP contribution >= 0.6 is 12.6 Å². The summed E-state index contributed by atoms with van der Waals surface area (Å²) in [6.07, 6.45) is 0.436. The third kappa shape index (κ3) is 2.27. The van der Waals surface area contributed by atoms with Crippen LogP contribution in [0.5, 0.6) is 0 Å². The van der Waals surface area contributed by atoms with Crippen molar-refractivity contribution < 1.29 is 9.18 Å². The Bertz CT molecular complexity index is 498. The van der Waals surface area contributed by atoms with Gasteiger partial charge in [-0.15, -0.1) is 0 Å². The molecule has 5 heteroatoms. The molecular weight excluding hydrogens is 239 g/mol. The summed E-state index contributed by atoms with van der Waals surface area (Å²) in [4.78, 5) is 13.3. The van der Waals surface area contributed by atoms with Crippen molar-refractivity contribution in [2.75, 3.05) is 17.2 Å². The van der Waals surface area contributed by atoms with Gasteiger partial charge in [0.25, 0.3) is 0 Å². The van der Waals surface area contributed by atoms with Crippen molar-refractivity contribution in [1.82, 2.24) is 0 Å². The van der Waals surface area contributed by atoms with E-state index in [9.17, 15) is 9.18 Å². The number of halogens is 1. The van der Waals surface area contributed by atoms with E-state index in [1.54, 1.807) is 4.90 Å². The molecule has 2 rings (SSSR count). The minimum absolute atomic E-state index is 0.0350. The second kappa shape index (κ2) is 4.76. The number of hydrogen-bond acceptors (Lipinski definition) is 3. The molecule has 0 bridgehead atoms. The van der Waals surface area contributed by atoms with E-state index in [2.05, 4.69) is 12.6 Å². The number of thiol groups is 1. The Labute approximate surface area is 104 Å². The quantitative estimate of drug-likeness (QED) is 0.816. The lowest BCUT2D eigenvalue weighted by Crippen LogP contribution is -2.25. The predicted molar refractivity (Wildman–Crippen MR) is 65.4 cm³/mol. The fraction of sp³-hybridized carbons (Fsp3) is 0.333. The van der Waals surface area contributed by atoms with E-state index < -0.39 is 5.82 Å².